The Kier molecular flexibility index (Phi) is 4.04. The van der Waals surface area contributed by atoms with Crippen molar-refractivity contribution in [2.45, 2.75) is 13.0 Å². The second-order valence-corrected chi connectivity index (χ2v) is 4.17. The predicted octanol–water partition coefficient (Wildman–Crippen LogP) is 1.97. The molecular formula is C13H15F2N3. The molecule has 3 nitrogen and oxygen atoms in total. The molecule has 0 saturated carbocycles. The van der Waals surface area contributed by atoms with Gasteiger partial charge >= 0.3 is 0 Å². The summed E-state index contributed by atoms with van der Waals surface area (Å²) in [6, 6.07) is 3.53. The minimum atomic E-state index is -0.555. The van der Waals surface area contributed by atoms with Gasteiger partial charge in [0.05, 0.1) is 12.0 Å². The zero-order valence-corrected chi connectivity index (χ0v) is 10.2. The standard InChI is InChI=1S/C13H15F2N3/c1-16-3-2-13-8-18(9-17-13)7-10-4-11(14)6-12(15)5-10/h4-6,8-9,16H,2-3,7H2,1H3. The topological polar surface area (TPSA) is 29.9 Å². The molecule has 0 amide bonds. The third kappa shape index (κ3) is 3.37. The third-order valence-corrected chi connectivity index (χ3v) is 2.61. The van der Waals surface area contributed by atoms with Crippen LogP contribution in [0, 0.1) is 11.6 Å². The molecule has 18 heavy (non-hydrogen) atoms. The molecular weight excluding hydrogens is 236 g/mol. The molecule has 0 bridgehead atoms. The maximum absolute atomic E-state index is 13.0. The van der Waals surface area contributed by atoms with Crippen molar-refractivity contribution < 1.29 is 8.78 Å². The fraction of sp³-hybridized carbons (Fsp3) is 0.308. The van der Waals surface area contributed by atoms with Crippen LogP contribution in [0.4, 0.5) is 8.78 Å². The van der Waals surface area contributed by atoms with Gasteiger partial charge in [-0.3, -0.25) is 0 Å². The van der Waals surface area contributed by atoms with Gasteiger partial charge in [-0.25, -0.2) is 13.8 Å². The summed E-state index contributed by atoms with van der Waals surface area (Å²) in [6.45, 7) is 1.27. The van der Waals surface area contributed by atoms with Crippen LogP contribution in [0.15, 0.2) is 30.7 Å². The number of hydrogen-bond acceptors (Lipinski definition) is 2. The molecule has 0 aliphatic heterocycles. The van der Waals surface area contributed by atoms with E-state index < -0.39 is 11.6 Å². The molecule has 2 aromatic rings. The van der Waals surface area contributed by atoms with Crippen molar-refractivity contribution in [3.63, 3.8) is 0 Å². The van der Waals surface area contributed by atoms with Crippen LogP contribution in [0.1, 0.15) is 11.3 Å². The molecule has 0 radical (unpaired) electrons. The maximum atomic E-state index is 13.0. The molecule has 0 spiro atoms. The number of nitrogens with zero attached hydrogens (tertiary/aromatic N) is 2. The average molecular weight is 251 g/mol. The SMILES string of the molecule is CNCCc1cn(Cc2cc(F)cc(F)c2)cn1. The Morgan fingerprint density at radius 2 is 1.94 bits per heavy atom. The first-order valence-electron chi connectivity index (χ1n) is 5.77. The Hall–Kier alpha value is -1.75. The van der Waals surface area contributed by atoms with Crippen molar-refractivity contribution in [3.8, 4) is 0 Å². The van der Waals surface area contributed by atoms with Gasteiger partial charge in [-0.15, -0.1) is 0 Å². The van der Waals surface area contributed by atoms with Gasteiger partial charge in [0.25, 0.3) is 0 Å². The summed E-state index contributed by atoms with van der Waals surface area (Å²) >= 11 is 0. The maximum Gasteiger partial charge on any atom is 0.126 e. The lowest BCUT2D eigenvalue weighted by molar-refractivity contribution is 0.577. The highest BCUT2D eigenvalue weighted by atomic mass is 19.1. The van der Waals surface area contributed by atoms with Crippen LogP contribution < -0.4 is 5.32 Å². The fourth-order valence-corrected chi connectivity index (χ4v) is 1.79. The van der Waals surface area contributed by atoms with Gasteiger partial charge < -0.3 is 9.88 Å². The second-order valence-electron chi connectivity index (χ2n) is 4.17. The Bertz CT molecular complexity index is 502. The highest BCUT2D eigenvalue weighted by molar-refractivity contribution is 5.18. The number of benzene rings is 1. The minimum absolute atomic E-state index is 0.418. The van der Waals surface area contributed by atoms with Crippen LogP contribution in [0.25, 0.3) is 0 Å². The third-order valence-electron chi connectivity index (χ3n) is 2.61. The number of likely N-dealkylation sites (N-methyl/N-ethyl adjacent to an activating group) is 1. The predicted molar refractivity (Wildman–Crippen MR) is 65.3 cm³/mol. The summed E-state index contributed by atoms with van der Waals surface area (Å²) in [5, 5.41) is 3.04. The monoisotopic (exact) mass is 251 g/mol. The molecule has 0 atom stereocenters. The normalized spacial score (nSPS) is 10.8. The van der Waals surface area contributed by atoms with Crippen molar-refractivity contribution in [1.82, 2.24) is 14.9 Å². The molecule has 1 aromatic heterocycles. The molecule has 2 rings (SSSR count). The molecule has 1 aromatic carbocycles. The fourth-order valence-electron chi connectivity index (χ4n) is 1.79. The van der Waals surface area contributed by atoms with Gasteiger partial charge in [0.15, 0.2) is 0 Å². The quantitative estimate of drug-likeness (QED) is 0.880. The van der Waals surface area contributed by atoms with Crippen molar-refractivity contribution in [2.24, 2.45) is 0 Å². The molecule has 0 saturated heterocycles. The van der Waals surface area contributed by atoms with Crippen LogP contribution in [-0.2, 0) is 13.0 Å². The lowest BCUT2D eigenvalue weighted by Gasteiger charge is -2.03. The number of rotatable bonds is 5. The number of nitrogens with one attached hydrogen (secondary N) is 1. The van der Waals surface area contributed by atoms with E-state index in [1.54, 1.807) is 6.33 Å². The molecule has 1 N–H and O–H groups in total. The van der Waals surface area contributed by atoms with E-state index in [0.717, 1.165) is 24.7 Å². The molecule has 0 aliphatic rings. The number of hydrogen-bond donors (Lipinski definition) is 1. The Labute approximate surface area is 104 Å². The zero-order valence-electron chi connectivity index (χ0n) is 10.2. The summed E-state index contributed by atoms with van der Waals surface area (Å²) in [5.41, 5.74) is 1.55. The second kappa shape index (κ2) is 5.73. The molecule has 5 heteroatoms. The lowest BCUT2D eigenvalue weighted by atomic mass is 10.2. The highest BCUT2D eigenvalue weighted by Crippen LogP contribution is 2.10. The van der Waals surface area contributed by atoms with Crippen molar-refractivity contribution in [1.29, 1.82) is 0 Å². The number of halogens is 2. The summed E-state index contributed by atoms with van der Waals surface area (Å²) in [4.78, 5) is 4.23. The summed E-state index contributed by atoms with van der Waals surface area (Å²) in [7, 11) is 1.88. The van der Waals surface area contributed by atoms with Crippen LogP contribution in [-0.4, -0.2) is 23.1 Å². The van der Waals surface area contributed by atoms with Crippen LogP contribution in [0.2, 0.25) is 0 Å². The Morgan fingerprint density at radius 1 is 1.22 bits per heavy atom. The summed E-state index contributed by atoms with van der Waals surface area (Å²) in [6.07, 6.45) is 4.40. The molecule has 0 unspecified atom stereocenters. The first-order valence-corrected chi connectivity index (χ1v) is 5.77. The summed E-state index contributed by atoms with van der Waals surface area (Å²) in [5.74, 6) is -1.11. The van der Waals surface area contributed by atoms with Gasteiger partial charge in [0.2, 0.25) is 0 Å². The van der Waals surface area contributed by atoms with Crippen LogP contribution >= 0.6 is 0 Å². The Balaban J connectivity index is 2.06. The van der Waals surface area contributed by atoms with E-state index in [1.807, 2.05) is 17.8 Å². The van der Waals surface area contributed by atoms with E-state index in [1.165, 1.54) is 12.1 Å². The summed E-state index contributed by atoms with van der Waals surface area (Å²) < 4.78 is 27.9. The minimum Gasteiger partial charge on any atom is -0.333 e. The van der Waals surface area contributed by atoms with E-state index >= 15 is 0 Å². The van der Waals surface area contributed by atoms with E-state index in [2.05, 4.69) is 10.3 Å². The number of imidazole rings is 1. The first kappa shape index (κ1) is 12.7. The first-order chi connectivity index (χ1) is 8.67. The van der Waals surface area contributed by atoms with Gasteiger partial charge in [0.1, 0.15) is 11.6 Å². The molecule has 0 aliphatic carbocycles. The zero-order chi connectivity index (χ0) is 13.0. The van der Waals surface area contributed by atoms with Crippen molar-refractivity contribution in [2.75, 3.05) is 13.6 Å². The van der Waals surface area contributed by atoms with E-state index in [0.29, 0.717) is 12.1 Å². The molecule has 1 heterocycles. The van der Waals surface area contributed by atoms with E-state index in [4.69, 9.17) is 0 Å². The average Bonchev–Trinajstić information content (AvgIpc) is 2.72. The van der Waals surface area contributed by atoms with Gasteiger partial charge in [-0.2, -0.15) is 0 Å². The van der Waals surface area contributed by atoms with Crippen molar-refractivity contribution >= 4 is 0 Å². The van der Waals surface area contributed by atoms with Gasteiger partial charge in [0, 0.05) is 31.8 Å². The van der Waals surface area contributed by atoms with E-state index in [-0.39, 0.29) is 0 Å². The Morgan fingerprint density at radius 3 is 2.61 bits per heavy atom. The van der Waals surface area contributed by atoms with Gasteiger partial charge in [-0.1, -0.05) is 0 Å². The highest BCUT2D eigenvalue weighted by Gasteiger charge is 2.03. The lowest BCUT2D eigenvalue weighted by Crippen LogP contribution is -2.10. The molecule has 96 valence electrons. The van der Waals surface area contributed by atoms with Crippen LogP contribution in [0.3, 0.4) is 0 Å². The van der Waals surface area contributed by atoms with Gasteiger partial charge in [-0.05, 0) is 24.7 Å². The van der Waals surface area contributed by atoms with E-state index in [9.17, 15) is 8.78 Å². The number of aromatic nitrogens is 2. The molecule has 0 fully saturated rings. The largest absolute Gasteiger partial charge is 0.333 e. The van der Waals surface area contributed by atoms with Crippen LogP contribution in [0.5, 0.6) is 0 Å². The van der Waals surface area contributed by atoms with Crippen molar-refractivity contribution in [3.05, 3.63) is 53.6 Å². The smallest absolute Gasteiger partial charge is 0.126 e.